The lowest BCUT2D eigenvalue weighted by molar-refractivity contribution is 0.133. The van der Waals surface area contributed by atoms with Gasteiger partial charge in [0.25, 0.3) is 0 Å². The first kappa shape index (κ1) is 16.0. The lowest BCUT2D eigenvalue weighted by Crippen LogP contribution is -2.51. The fourth-order valence-corrected chi connectivity index (χ4v) is 4.76. The third kappa shape index (κ3) is 3.07. The molecule has 0 amide bonds. The summed E-state index contributed by atoms with van der Waals surface area (Å²) in [6.45, 7) is 9.15. The van der Waals surface area contributed by atoms with Crippen molar-refractivity contribution in [3.63, 3.8) is 0 Å². The number of piperazine rings is 1. The molecule has 1 saturated heterocycles. The largest absolute Gasteiger partial charge is 0.298 e. The summed E-state index contributed by atoms with van der Waals surface area (Å²) in [5, 5.41) is 0. The van der Waals surface area contributed by atoms with Crippen molar-refractivity contribution >= 4 is 10.0 Å². The Morgan fingerprint density at radius 2 is 1.68 bits per heavy atom. The molecule has 1 atom stereocenters. The van der Waals surface area contributed by atoms with Crippen LogP contribution in [0.1, 0.15) is 30.9 Å². The zero-order valence-corrected chi connectivity index (χ0v) is 14.6. The minimum absolute atomic E-state index is 0.430. The maximum absolute atomic E-state index is 12.8. The van der Waals surface area contributed by atoms with Gasteiger partial charge < -0.3 is 0 Å². The van der Waals surface area contributed by atoms with Gasteiger partial charge in [0, 0.05) is 32.2 Å². The maximum Gasteiger partial charge on any atom is 0.243 e. The molecule has 0 N–H and O–H groups in total. The zero-order valence-electron chi connectivity index (χ0n) is 13.7. The summed E-state index contributed by atoms with van der Waals surface area (Å²) in [5.74, 6) is 0.836. The van der Waals surface area contributed by atoms with E-state index in [1.807, 2.05) is 19.9 Å². The topological polar surface area (TPSA) is 40.6 Å². The molecule has 0 spiro atoms. The van der Waals surface area contributed by atoms with Crippen molar-refractivity contribution in [2.45, 2.75) is 44.6 Å². The predicted octanol–water partition coefficient (Wildman–Crippen LogP) is 2.41. The molecule has 0 bridgehead atoms. The van der Waals surface area contributed by atoms with Gasteiger partial charge in [0.1, 0.15) is 0 Å². The van der Waals surface area contributed by atoms with Gasteiger partial charge in [-0.05, 0) is 62.8 Å². The van der Waals surface area contributed by atoms with Crippen molar-refractivity contribution in [2.75, 3.05) is 26.2 Å². The minimum atomic E-state index is -3.35. The van der Waals surface area contributed by atoms with Crippen molar-refractivity contribution in [3.8, 4) is 0 Å². The highest BCUT2D eigenvalue weighted by Gasteiger charge is 2.35. The highest BCUT2D eigenvalue weighted by atomic mass is 32.2. The molecule has 2 fully saturated rings. The van der Waals surface area contributed by atoms with E-state index >= 15 is 0 Å². The van der Waals surface area contributed by atoms with E-state index < -0.39 is 10.0 Å². The van der Waals surface area contributed by atoms with Crippen molar-refractivity contribution in [1.82, 2.24) is 9.21 Å². The van der Waals surface area contributed by atoms with E-state index in [2.05, 4.69) is 11.8 Å². The normalized spacial score (nSPS) is 22.7. The lowest BCUT2D eigenvalue weighted by Gasteiger charge is -2.37. The number of benzene rings is 1. The second-order valence-electron chi connectivity index (χ2n) is 6.76. The molecule has 0 radical (unpaired) electrons. The smallest absolute Gasteiger partial charge is 0.243 e. The molecule has 22 heavy (non-hydrogen) atoms. The quantitative estimate of drug-likeness (QED) is 0.855. The van der Waals surface area contributed by atoms with Crippen LogP contribution in [0.15, 0.2) is 23.1 Å². The van der Waals surface area contributed by atoms with Gasteiger partial charge in [-0.1, -0.05) is 6.07 Å². The Bertz CT molecular complexity index is 645. The summed E-state index contributed by atoms with van der Waals surface area (Å²) in [7, 11) is -3.35. The molecule has 3 rings (SSSR count). The average molecular weight is 322 g/mol. The molecule has 1 aromatic carbocycles. The monoisotopic (exact) mass is 322 g/mol. The SMILES string of the molecule is Cc1ccc(S(=O)(=O)N2CCN(C(C)C3CC3)CC2)cc1C. The Hall–Kier alpha value is -0.910. The van der Waals surface area contributed by atoms with E-state index in [9.17, 15) is 8.42 Å². The second-order valence-corrected chi connectivity index (χ2v) is 8.70. The molecule has 1 aromatic rings. The standard InChI is InChI=1S/C17H26N2O2S/c1-13-4-7-17(12-14(13)2)22(20,21)19-10-8-18(9-11-19)15(3)16-5-6-16/h4,7,12,15-16H,5-6,8-11H2,1-3H3. The van der Waals surface area contributed by atoms with Gasteiger partial charge in [0.15, 0.2) is 0 Å². The second kappa shape index (κ2) is 5.95. The van der Waals surface area contributed by atoms with Gasteiger partial charge in [-0.25, -0.2) is 8.42 Å². The molecule has 4 nitrogen and oxygen atoms in total. The fourth-order valence-electron chi connectivity index (χ4n) is 3.25. The number of aryl methyl sites for hydroxylation is 2. The van der Waals surface area contributed by atoms with E-state index in [0.717, 1.165) is 30.1 Å². The van der Waals surface area contributed by atoms with E-state index in [4.69, 9.17) is 0 Å². The van der Waals surface area contributed by atoms with Gasteiger partial charge in [0.05, 0.1) is 4.90 Å². The predicted molar refractivity (Wildman–Crippen MR) is 88.4 cm³/mol. The van der Waals surface area contributed by atoms with E-state index in [1.165, 1.54) is 12.8 Å². The molecule has 122 valence electrons. The average Bonchev–Trinajstić information content (AvgIpc) is 3.34. The number of hydrogen-bond donors (Lipinski definition) is 0. The molecule has 1 unspecified atom stereocenters. The van der Waals surface area contributed by atoms with Crippen LogP contribution in [0, 0.1) is 19.8 Å². The maximum atomic E-state index is 12.8. The molecule has 2 aliphatic rings. The van der Waals surface area contributed by atoms with Gasteiger partial charge in [0.2, 0.25) is 10.0 Å². The summed E-state index contributed by atoms with van der Waals surface area (Å²) >= 11 is 0. The van der Waals surface area contributed by atoms with Crippen molar-refractivity contribution < 1.29 is 8.42 Å². The fraction of sp³-hybridized carbons (Fsp3) is 0.647. The zero-order chi connectivity index (χ0) is 15.9. The van der Waals surface area contributed by atoms with Gasteiger partial charge in [-0.15, -0.1) is 0 Å². The third-order valence-corrected chi connectivity index (χ3v) is 7.16. The lowest BCUT2D eigenvalue weighted by atomic mass is 10.1. The number of hydrogen-bond acceptors (Lipinski definition) is 3. The Morgan fingerprint density at radius 1 is 1.05 bits per heavy atom. The van der Waals surface area contributed by atoms with Crippen molar-refractivity contribution in [1.29, 1.82) is 0 Å². The van der Waals surface area contributed by atoms with Gasteiger partial charge in [-0.3, -0.25) is 4.90 Å². The number of sulfonamides is 1. The van der Waals surface area contributed by atoms with Crippen LogP contribution in [-0.4, -0.2) is 49.8 Å². The molecule has 5 heteroatoms. The Kier molecular flexibility index (Phi) is 4.32. The number of rotatable bonds is 4. The summed E-state index contributed by atoms with van der Waals surface area (Å²) < 4.78 is 27.2. The molecule has 1 saturated carbocycles. The van der Waals surface area contributed by atoms with Crippen LogP contribution in [0.3, 0.4) is 0 Å². The van der Waals surface area contributed by atoms with Crippen LogP contribution in [0.2, 0.25) is 0 Å². The summed E-state index contributed by atoms with van der Waals surface area (Å²) in [6, 6.07) is 6.03. The number of nitrogens with zero attached hydrogens (tertiary/aromatic N) is 2. The molecule has 0 aromatic heterocycles. The first-order valence-electron chi connectivity index (χ1n) is 8.21. The Morgan fingerprint density at radius 3 is 2.23 bits per heavy atom. The molecule has 1 heterocycles. The van der Waals surface area contributed by atoms with Crippen LogP contribution < -0.4 is 0 Å². The minimum Gasteiger partial charge on any atom is -0.298 e. The van der Waals surface area contributed by atoms with E-state index in [0.29, 0.717) is 24.0 Å². The Balaban J connectivity index is 1.70. The van der Waals surface area contributed by atoms with Crippen LogP contribution in [0.4, 0.5) is 0 Å². The molecular weight excluding hydrogens is 296 g/mol. The molecule has 1 aliphatic carbocycles. The van der Waals surface area contributed by atoms with Crippen LogP contribution >= 0.6 is 0 Å². The highest BCUT2D eigenvalue weighted by molar-refractivity contribution is 7.89. The first-order valence-corrected chi connectivity index (χ1v) is 9.65. The van der Waals surface area contributed by atoms with Crippen LogP contribution in [0.25, 0.3) is 0 Å². The van der Waals surface area contributed by atoms with E-state index in [-0.39, 0.29) is 0 Å². The third-order valence-electron chi connectivity index (χ3n) is 5.27. The Labute approximate surface area is 134 Å². The molecule has 1 aliphatic heterocycles. The highest BCUT2D eigenvalue weighted by Crippen LogP contribution is 2.35. The molecular formula is C17H26N2O2S. The summed E-state index contributed by atoms with van der Waals surface area (Å²) in [5.41, 5.74) is 2.16. The van der Waals surface area contributed by atoms with Crippen LogP contribution in [0.5, 0.6) is 0 Å². The van der Waals surface area contributed by atoms with E-state index in [1.54, 1.807) is 16.4 Å². The first-order chi connectivity index (χ1) is 10.4. The van der Waals surface area contributed by atoms with Crippen molar-refractivity contribution in [2.24, 2.45) is 5.92 Å². The van der Waals surface area contributed by atoms with Gasteiger partial charge in [-0.2, -0.15) is 4.31 Å². The van der Waals surface area contributed by atoms with Gasteiger partial charge >= 0.3 is 0 Å². The summed E-state index contributed by atoms with van der Waals surface area (Å²) in [4.78, 5) is 2.88. The summed E-state index contributed by atoms with van der Waals surface area (Å²) in [6.07, 6.45) is 2.67. The van der Waals surface area contributed by atoms with Crippen LogP contribution in [-0.2, 0) is 10.0 Å². The van der Waals surface area contributed by atoms with Crippen molar-refractivity contribution in [3.05, 3.63) is 29.3 Å².